The number of phenols is 1. The molecule has 0 fully saturated rings. The first-order valence-corrected chi connectivity index (χ1v) is 3.48. The maximum Gasteiger partial charge on any atom is 0.201 e. The van der Waals surface area contributed by atoms with Crippen LogP contribution in [0.15, 0.2) is 18.2 Å². The van der Waals surface area contributed by atoms with Crippen molar-refractivity contribution in [3.05, 3.63) is 23.5 Å². The molecule has 4 heteroatoms. The Morgan fingerprint density at radius 2 is 2.27 bits per heavy atom. The Hall–Kier alpha value is -1.22. The van der Waals surface area contributed by atoms with Crippen LogP contribution in [-0.2, 0) is 0 Å². The molecule has 0 saturated heterocycles. The van der Waals surface area contributed by atoms with Crippen molar-refractivity contribution < 1.29 is 5.11 Å². The van der Waals surface area contributed by atoms with Crippen LogP contribution >= 0.6 is 11.6 Å². The zero-order valence-corrected chi connectivity index (χ0v) is 6.26. The summed E-state index contributed by atoms with van der Waals surface area (Å²) in [5.74, 6) is 0.195. The molecule has 2 N–H and O–H groups in total. The first-order chi connectivity index (χ1) is 5.25. The fourth-order valence-corrected chi connectivity index (χ4v) is 1.16. The summed E-state index contributed by atoms with van der Waals surface area (Å²) in [5, 5.41) is 9.38. The molecule has 0 aliphatic heterocycles. The third kappa shape index (κ3) is 1.03. The summed E-state index contributed by atoms with van der Waals surface area (Å²) in [5.41, 5.74) is 1.50. The maximum absolute atomic E-state index is 9.04. The monoisotopic (exact) mass is 168 g/mol. The second-order valence-electron chi connectivity index (χ2n) is 2.23. The molecule has 0 aliphatic rings. The lowest BCUT2D eigenvalue weighted by Crippen LogP contribution is -1.67. The van der Waals surface area contributed by atoms with Crippen molar-refractivity contribution in [3.63, 3.8) is 0 Å². The summed E-state index contributed by atoms with van der Waals surface area (Å²) >= 11 is 5.59. The highest BCUT2D eigenvalue weighted by Gasteiger charge is 1.99. The van der Waals surface area contributed by atoms with Crippen molar-refractivity contribution in [2.75, 3.05) is 0 Å². The van der Waals surface area contributed by atoms with Crippen LogP contribution in [0.1, 0.15) is 0 Å². The highest BCUT2D eigenvalue weighted by molar-refractivity contribution is 6.29. The predicted molar refractivity (Wildman–Crippen MR) is 42.8 cm³/mol. The number of halogens is 1. The number of hydrogen-bond acceptors (Lipinski definition) is 2. The number of fused-ring (bicyclic) bond motifs is 1. The SMILES string of the molecule is Oc1ccc2[nH]c(Cl)nc2c1. The summed E-state index contributed by atoms with van der Waals surface area (Å²) in [7, 11) is 0. The Balaban J connectivity index is 2.82. The second kappa shape index (κ2) is 2.13. The summed E-state index contributed by atoms with van der Waals surface area (Å²) in [6, 6.07) is 4.86. The van der Waals surface area contributed by atoms with E-state index in [-0.39, 0.29) is 5.75 Å². The van der Waals surface area contributed by atoms with E-state index in [9.17, 15) is 0 Å². The van der Waals surface area contributed by atoms with Gasteiger partial charge >= 0.3 is 0 Å². The molecule has 1 heterocycles. The van der Waals surface area contributed by atoms with Crippen LogP contribution in [0.4, 0.5) is 0 Å². The highest BCUT2D eigenvalue weighted by Crippen LogP contribution is 2.18. The Morgan fingerprint density at radius 1 is 1.45 bits per heavy atom. The predicted octanol–water partition coefficient (Wildman–Crippen LogP) is 1.92. The molecule has 0 amide bonds. The van der Waals surface area contributed by atoms with Crippen LogP contribution in [0.3, 0.4) is 0 Å². The van der Waals surface area contributed by atoms with Crippen LogP contribution in [0, 0.1) is 0 Å². The number of hydrogen-bond donors (Lipinski definition) is 2. The number of phenolic OH excluding ortho intramolecular Hbond substituents is 1. The van der Waals surface area contributed by atoms with Crippen LogP contribution < -0.4 is 0 Å². The van der Waals surface area contributed by atoms with Gasteiger partial charge in [0.05, 0.1) is 11.0 Å². The Morgan fingerprint density at radius 3 is 3.09 bits per heavy atom. The number of nitrogens with one attached hydrogen (secondary N) is 1. The lowest BCUT2D eigenvalue weighted by atomic mass is 10.3. The van der Waals surface area contributed by atoms with Gasteiger partial charge in [-0.1, -0.05) is 0 Å². The molecule has 0 radical (unpaired) electrons. The number of benzene rings is 1. The molecule has 3 nitrogen and oxygen atoms in total. The van der Waals surface area contributed by atoms with Crippen molar-refractivity contribution >= 4 is 22.6 Å². The molecule has 2 rings (SSSR count). The number of rotatable bonds is 0. The van der Waals surface area contributed by atoms with Crippen molar-refractivity contribution in [3.8, 4) is 5.75 Å². The van der Waals surface area contributed by atoms with E-state index in [0.717, 1.165) is 5.52 Å². The van der Waals surface area contributed by atoms with Gasteiger partial charge in [0.1, 0.15) is 5.75 Å². The van der Waals surface area contributed by atoms with E-state index in [1.54, 1.807) is 18.2 Å². The maximum atomic E-state index is 9.04. The van der Waals surface area contributed by atoms with E-state index in [4.69, 9.17) is 16.7 Å². The summed E-state index contributed by atoms with van der Waals surface area (Å²) in [6.07, 6.45) is 0. The van der Waals surface area contributed by atoms with Gasteiger partial charge in [0, 0.05) is 6.07 Å². The standard InChI is InChI=1S/C7H5ClN2O/c8-7-9-5-2-1-4(11)3-6(5)10-7/h1-3,11H,(H,9,10). The molecule has 0 aliphatic carbocycles. The van der Waals surface area contributed by atoms with E-state index in [0.29, 0.717) is 10.8 Å². The third-order valence-corrected chi connectivity index (χ3v) is 1.62. The van der Waals surface area contributed by atoms with Gasteiger partial charge in [0.25, 0.3) is 0 Å². The molecular formula is C7H5ClN2O. The second-order valence-corrected chi connectivity index (χ2v) is 2.59. The van der Waals surface area contributed by atoms with Crippen LogP contribution in [0.5, 0.6) is 5.75 Å². The minimum atomic E-state index is 0.195. The number of nitrogens with zero attached hydrogens (tertiary/aromatic N) is 1. The fraction of sp³-hybridized carbons (Fsp3) is 0. The van der Waals surface area contributed by atoms with Gasteiger partial charge in [-0.05, 0) is 23.7 Å². The Bertz CT molecular complexity index is 396. The first kappa shape index (κ1) is 6.49. The lowest BCUT2D eigenvalue weighted by Gasteiger charge is -1.88. The number of aromatic nitrogens is 2. The molecule has 0 saturated carbocycles. The topological polar surface area (TPSA) is 48.9 Å². The van der Waals surface area contributed by atoms with Crippen molar-refractivity contribution in [1.82, 2.24) is 9.97 Å². The molecule has 1 aromatic carbocycles. The normalized spacial score (nSPS) is 10.6. The van der Waals surface area contributed by atoms with Gasteiger partial charge < -0.3 is 10.1 Å². The highest BCUT2D eigenvalue weighted by atomic mass is 35.5. The van der Waals surface area contributed by atoms with E-state index < -0.39 is 0 Å². The van der Waals surface area contributed by atoms with Gasteiger partial charge in [0.15, 0.2) is 0 Å². The molecule has 0 spiro atoms. The summed E-state index contributed by atoms with van der Waals surface area (Å²) < 4.78 is 0. The zero-order chi connectivity index (χ0) is 7.84. The van der Waals surface area contributed by atoms with Gasteiger partial charge in [-0.25, -0.2) is 4.98 Å². The number of aromatic amines is 1. The number of aromatic hydroxyl groups is 1. The van der Waals surface area contributed by atoms with Crippen molar-refractivity contribution in [1.29, 1.82) is 0 Å². The molecule has 0 unspecified atom stereocenters. The molecule has 1 aromatic heterocycles. The van der Waals surface area contributed by atoms with E-state index >= 15 is 0 Å². The molecule has 0 atom stereocenters. The zero-order valence-electron chi connectivity index (χ0n) is 5.50. The first-order valence-electron chi connectivity index (χ1n) is 3.10. The number of imidazole rings is 1. The quantitative estimate of drug-likeness (QED) is 0.632. The third-order valence-electron chi connectivity index (χ3n) is 1.44. The van der Waals surface area contributed by atoms with Crippen LogP contribution in [0.25, 0.3) is 11.0 Å². The van der Waals surface area contributed by atoms with Gasteiger partial charge in [-0.15, -0.1) is 0 Å². The lowest BCUT2D eigenvalue weighted by molar-refractivity contribution is 0.476. The average Bonchev–Trinajstić information content (AvgIpc) is 2.27. The Kier molecular flexibility index (Phi) is 1.26. The van der Waals surface area contributed by atoms with Gasteiger partial charge in [0.2, 0.25) is 5.28 Å². The van der Waals surface area contributed by atoms with Crippen LogP contribution in [0.2, 0.25) is 5.28 Å². The smallest absolute Gasteiger partial charge is 0.201 e. The largest absolute Gasteiger partial charge is 0.508 e. The minimum absolute atomic E-state index is 0.195. The van der Waals surface area contributed by atoms with Crippen LogP contribution in [-0.4, -0.2) is 15.1 Å². The molecular weight excluding hydrogens is 164 g/mol. The van der Waals surface area contributed by atoms with Gasteiger partial charge in [-0.3, -0.25) is 0 Å². The molecule has 56 valence electrons. The molecule has 11 heavy (non-hydrogen) atoms. The van der Waals surface area contributed by atoms with Crippen molar-refractivity contribution in [2.45, 2.75) is 0 Å². The Labute approximate surface area is 67.6 Å². The van der Waals surface area contributed by atoms with E-state index in [1.165, 1.54) is 0 Å². The summed E-state index contributed by atoms with van der Waals surface area (Å²) in [6.45, 7) is 0. The van der Waals surface area contributed by atoms with E-state index in [2.05, 4.69) is 9.97 Å². The molecule has 0 bridgehead atoms. The molecule has 2 aromatic rings. The summed E-state index contributed by atoms with van der Waals surface area (Å²) in [4.78, 5) is 6.75. The van der Waals surface area contributed by atoms with E-state index in [1.807, 2.05) is 0 Å². The minimum Gasteiger partial charge on any atom is -0.508 e. The fourth-order valence-electron chi connectivity index (χ4n) is 0.963. The number of H-pyrrole nitrogens is 1. The van der Waals surface area contributed by atoms with Gasteiger partial charge in [-0.2, -0.15) is 0 Å². The van der Waals surface area contributed by atoms with Crippen molar-refractivity contribution in [2.24, 2.45) is 0 Å². The average molecular weight is 169 g/mol.